The predicted octanol–water partition coefficient (Wildman–Crippen LogP) is 5.03. The van der Waals surface area contributed by atoms with Crippen LogP contribution in [0.4, 0.5) is 5.69 Å². The lowest BCUT2D eigenvalue weighted by Gasteiger charge is -2.33. The molecule has 0 aliphatic heterocycles. The van der Waals surface area contributed by atoms with Crippen molar-refractivity contribution in [3.63, 3.8) is 0 Å². The summed E-state index contributed by atoms with van der Waals surface area (Å²) in [5.74, 6) is -0.379. The zero-order valence-corrected chi connectivity index (χ0v) is 25.7. The molecule has 0 radical (unpaired) electrons. The molecule has 1 N–H and O–H groups in total. The van der Waals surface area contributed by atoms with Crippen molar-refractivity contribution in [3.8, 4) is 5.75 Å². The van der Waals surface area contributed by atoms with E-state index in [0.717, 1.165) is 46.7 Å². The largest absolute Gasteiger partial charge is 0.495 e. The summed E-state index contributed by atoms with van der Waals surface area (Å²) in [5, 5.41) is 3.10. The summed E-state index contributed by atoms with van der Waals surface area (Å²) in [4.78, 5) is 29.1. The number of benzene rings is 3. The van der Waals surface area contributed by atoms with Gasteiger partial charge in [-0.1, -0.05) is 66.9 Å². The maximum Gasteiger partial charge on any atom is 0.264 e. The first-order valence-corrected chi connectivity index (χ1v) is 15.9. The van der Waals surface area contributed by atoms with E-state index in [0.29, 0.717) is 12.2 Å². The number of methoxy groups -OCH3 is 1. The van der Waals surface area contributed by atoms with Gasteiger partial charge in [0.2, 0.25) is 11.8 Å². The van der Waals surface area contributed by atoms with Crippen LogP contribution >= 0.6 is 0 Å². The fourth-order valence-corrected chi connectivity index (χ4v) is 6.72. The number of rotatable bonds is 12. The number of carbonyl (C=O) groups excluding carboxylic acids is 2. The first-order valence-electron chi connectivity index (χ1n) is 14.5. The Morgan fingerprint density at radius 3 is 2.24 bits per heavy atom. The van der Waals surface area contributed by atoms with Gasteiger partial charge in [0.05, 0.1) is 17.7 Å². The minimum atomic E-state index is -4.18. The number of sulfonamides is 1. The van der Waals surface area contributed by atoms with Crippen molar-refractivity contribution in [2.45, 2.75) is 69.9 Å². The first kappa shape index (κ1) is 31.1. The van der Waals surface area contributed by atoms with Gasteiger partial charge >= 0.3 is 0 Å². The lowest BCUT2D eigenvalue weighted by molar-refractivity contribution is -0.139. The first-order chi connectivity index (χ1) is 20.1. The monoisotopic (exact) mass is 591 g/mol. The van der Waals surface area contributed by atoms with Gasteiger partial charge in [-0.3, -0.25) is 13.9 Å². The number of carbonyl (C=O) groups is 2. The lowest BCUT2D eigenvalue weighted by atomic mass is 10.1. The second-order valence-electron chi connectivity index (χ2n) is 11.0. The molecule has 0 unspecified atom stereocenters. The molecule has 8 nitrogen and oxygen atoms in total. The second-order valence-corrected chi connectivity index (χ2v) is 12.9. The third kappa shape index (κ3) is 7.50. The number of nitrogens with zero attached hydrogens (tertiary/aromatic N) is 2. The molecule has 9 heteroatoms. The standard InChI is InChI=1S/C33H41N3O5S/c1-24-14-17-29(18-15-24)42(39,40)36(30-22-25(2)16-19-31(30)41-4)23-32(37)35(21-20-27-10-6-5-7-11-27)26(3)33(38)34-28-12-8-9-13-28/h5-7,10-11,14-19,22,26,28H,8-9,12-13,20-21,23H2,1-4H3,(H,34,38)/t26-/m1/s1. The Kier molecular flexibility index (Phi) is 10.3. The van der Waals surface area contributed by atoms with Crippen LogP contribution in [0.3, 0.4) is 0 Å². The molecule has 3 aromatic rings. The quantitative estimate of drug-likeness (QED) is 0.319. The van der Waals surface area contributed by atoms with Crippen LogP contribution in [0.15, 0.2) is 77.7 Å². The van der Waals surface area contributed by atoms with Gasteiger partial charge in [-0.15, -0.1) is 0 Å². The summed E-state index contributed by atoms with van der Waals surface area (Å²) in [6.45, 7) is 5.20. The molecular formula is C33H41N3O5S. The molecule has 42 heavy (non-hydrogen) atoms. The number of hydrogen-bond acceptors (Lipinski definition) is 5. The third-order valence-electron chi connectivity index (χ3n) is 7.84. The van der Waals surface area contributed by atoms with Gasteiger partial charge in [0, 0.05) is 12.6 Å². The van der Waals surface area contributed by atoms with Crippen LogP contribution in [0.25, 0.3) is 0 Å². The second kappa shape index (κ2) is 13.9. The average molecular weight is 592 g/mol. The van der Waals surface area contributed by atoms with E-state index in [2.05, 4.69) is 5.32 Å². The van der Waals surface area contributed by atoms with E-state index in [1.807, 2.05) is 50.2 Å². The summed E-state index contributed by atoms with van der Waals surface area (Å²) in [6.07, 6.45) is 4.50. The van der Waals surface area contributed by atoms with Crippen LogP contribution in [0.1, 0.15) is 49.3 Å². The van der Waals surface area contributed by atoms with Crippen molar-refractivity contribution in [2.24, 2.45) is 0 Å². The molecule has 2 amide bonds. The van der Waals surface area contributed by atoms with E-state index in [4.69, 9.17) is 4.74 Å². The SMILES string of the molecule is COc1ccc(C)cc1N(CC(=O)N(CCc1ccccc1)[C@H](C)C(=O)NC1CCCC1)S(=O)(=O)c1ccc(C)cc1. The number of ether oxygens (including phenoxy) is 1. The van der Waals surface area contributed by atoms with E-state index in [1.54, 1.807) is 31.2 Å². The van der Waals surface area contributed by atoms with Crippen molar-refractivity contribution in [1.82, 2.24) is 10.2 Å². The highest BCUT2D eigenvalue weighted by molar-refractivity contribution is 7.92. The third-order valence-corrected chi connectivity index (χ3v) is 9.62. The fourth-order valence-electron chi connectivity index (χ4n) is 5.31. The Hall–Kier alpha value is -3.85. The zero-order valence-electron chi connectivity index (χ0n) is 24.9. The molecule has 224 valence electrons. The highest BCUT2D eigenvalue weighted by Gasteiger charge is 2.34. The minimum Gasteiger partial charge on any atom is -0.495 e. The van der Waals surface area contributed by atoms with Gasteiger partial charge in [0.25, 0.3) is 10.0 Å². The van der Waals surface area contributed by atoms with Crippen molar-refractivity contribution in [1.29, 1.82) is 0 Å². The minimum absolute atomic E-state index is 0.0623. The molecule has 1 aliphatic rings. The average Bonchev–Trinajstić information content (AvgIpc) is 3.49. The van der Waals surface area contributed by atoms with Gasteiger partial charge < -0.3 is 15.0 Å². The van der Waals surface area contributed by atoms with E-state index in [-0.39, 0.29) is 29.1 Å². The van der Waals surface area contributed by atoms with Crippen LogP contribution in [-0.4, -0.2) is 57.4 Å². The topological polar surface area (TPSA) is 96.0 Å². The highest BCUT2D eigenvalue weighted by atomic mass is 32.2. The molecule has 3 aromatic carbocycles. The van der Waals surface area contributed by atoms with Gasteiger partial charge in [0.1, 0.15) is 18.3 Å². The Bertz CT molecular complexity index is 1470. The van der Waals surface area contributed by atoms with Crippen LogP contribution in [0, 0.1) is 13.8 Å². The van der Waals surface area contributed by atoms with E-state index < -0.39 is 28.5 Å². The lowest BCUT2D eigenvalue weighted by Crippen LogP contribution is -2.53. The number of nitrogens with one attached hydrogen (secondary N) is 1. The van der Waals surface area contributed by atoms with Crippen molar-refractivity contribution >= 4 is 27.5 Å². The molecule has 0 saturated heterocycles. The molecule has 0 aromatic heterocycles. The van der Waals surface area contributed by atoms with Crippen molar-refractivity contribution < 1.29 is 22.7 Å². The summed E-state index contributed by atoms with van der Waals surface area (Å²) in [6, 6.07) is 20.8. The molecule has 1 atom stereocenters. The van der Waals surface area contributed by atoms with Gasteiger partial charge in [0.15, 0.2) is 0 Å². The van der Waals surface area contributed by atoms with E-state index in [1.165, 1.54) is 24.1 Å². The molecular weight excluding hydrogens is 550 g/mol. The highest BCUT2D eigenvalue weighted by Crippen LogP contribution is 2.34. The number of amides is 2. The van der Waals surface area contributed by atoms with Crippen LogP contribution in [-0.2, 0) is 26.0 Å². The molecule has 1 fully saturated rings. The van der Waals surface area contributed by atoms with Crippen LogP contribution < -0.4 is 14.4 Å². The molecule has 1 saturated carbocycles. The van der Waals surface area contributed by atoms with E-state index in [9.17, 15) is 18.0 Å². The number of aryl methyl sites for hydroxylation is 2. The Balaban J connectivity index is 1.70. The van der Waals surface area contributed by atoms with Crippen molar-refractivity contribution in [2.75, 3.05) is 24.5 Å². The summed E-state index contributed by atoms with van der Waals surface area (Å²) >= 11 is 0. The molecule has 4 rings (SSSR count). The van der Waals surface area contributed by atoms with E-state index >= 15 is 0 Å². The van der Waals surface area contributed by atoms with Gasteiger partial charge in [-0.05, 0) is 75.4 Å². The fraction of sp³-hybridized carbons (Fsp3) is 0.394. The molecule has 1 aliphatic carbocycles. The zero-order chi connectivity index (χ0) is 30.3. The Morgan fingerprint density at radius 1 is 0.952 bits per heavy atom. The molecule has 0 heterocycles. The summed E-state index contributed by atoms with van der Waals surface area (Å²) in [7, 11) is -2.71. The smallest absolute Gasteiger partial charge is 0.264 e. The molecule has 0 bridgehead atoms. The van der Waals surface area contributed by atoms with Crippen LogP contribution in [0.5, 0.6) is 5.75 Å². The maximum absolute atomic E-state index is 14.1. The van der Waals surface area contributed by atoms with Crippen LogP contribution in [0.2, 0.25) is 0 Å². The normalized spacial score (nSPS) is 14.3. The summed E-state index contributed by atoms with van der Waals surface area (Å²) in [5.41, 5.74) is 3.01. The maximum atomic E-state index is 14.1. The van der Waals surface area contributed by atoms with Gasteiger partial charge in [-0.2, -0.15) is 0 Å². The Labute approximate surface area is 249 Å². The summed E-state index contributed by atoms with van der Waals surface area (Å²) < 4.78 is 34.9. The molecule has 0 spiro atoms. The Morgan fingerprint density at radius 2 is 1.60 bits per heavy atom. The van der Waals surface area contributed by atoms with Gasteiger partial charge in [-0.25, -0.2) is 8.42 Å². The predicted molar refractivity (Wildman–Crippen MR) is 165 cm³/mol. The number of hydrogen-bond donors (Lipinski definition) is 1. The van der Waals surface area contributed by atoms with Crippen molar-refractivity contribution in [3.05, 3.63) is 89.5 Å². The number of anilines is 1.